The van der Waals surface area contributed by atoms with Gasteiger partial charge in [0.15, 0.2) is 0 Å². The van der Waals surface area contributed by atoms with Crippen molar-refractivity contribution in [2.75, 3.05) is 12.4 Å². The quantitative estimate of drug-likeness (QED) is 0.205. The van der Waals surface area contributed by atoms with Gasteiger partial charge in [-0.05, 0) is 64.0 Å². The fraction of sp³-hybridized carbons (Fsp3) is 0.0435. The van der Waals surface area contributed by atoms with E-state index < -0.39 is 16.7 Å². The lowest BCUT2D eigenvalue weighted by molar-refractivity contribution is -0.384. The Balaban J connectivity index is 1.97. The van der Waals surface area contributed by atoms with E-state index in [1.54, 1.807) is 18.2 Å². The predicted molar refractivity (Wildman–Crippen MR) is 134 cm³/mol. The highest BCUT2D eigenvalue weighted by Crippen LogP contribution is 2.27. The van der Waals surface area contributed by atoms with E-state index in [4.69, 9.17) is 27.9 Å². The van der Waals surface area contributed by atoms with Gasteiger partial charge in [0.2, 0.25) is 0 Å². The lowest BCUT2D eigenvalue weighted by Gasteiger charge is -2.13. The predicted octanol–water partition coefficient (Wildman–Crippen LogP) is 6.08. The molecular formula is C23H16BrCl2N3O5. The topological polar surface area (TPSA) is 111 Å². The Kier molecular flexibility index (Phi) is 8.27. The van der Waals surface area contributed by atoms with Gasteiger partial charge >= 0.3 is 0 Å². The summed E-state index contributed by atoms with van der Waals surface area (Å²) in [5.41, 5.74) is 0.454. The molecule has 8 nitrogen and oxygen atoms in total. The van der Waals surface area contributed by atoms with Crippen LogP contribution in [0.5, 0.6) is 5.75 Å². The molecule has 0 saturated heterocycles. The van der Waals surface area contributed by atoms with Crippen molar-refractivity contribution in [2.24, 2.45) is 0 Å². The third-order valence-corrected chi connectivity index (χ3v) is 5.66. The fourth-order valence-corrected chi connectivity index (χ4v) is 3.72. The van der Waals surface area contributed by atoms with Gasteiger partial charge in [-0.15, -0.1) is 0 Å². The Morgan fingerprint density at radius 3 is 2.53 bits per heavy atom. The number of anilines is 1. The first-order valence-electron chi connectivity index (χ1n) is 9.55. The van der Waals surface area contributed by atoms with E-state index in [2.05, 4.69) is 26.6 Å². The Hall–Kier alpha value is -3.40. The fourth-order valence-electron chi connectivity index (χ4n) is 2.84. The molecular weight excluding hydrogens is 549 g/mol. The van der Waals surface area contributed by atoms with E-state index in [1.165, 1.54) is 55.7 Å². The summed E-state index contributed by atoms with van der Waals surface area (Å²) in [6.07, 6.45) is 1.32. The summed E-state index contributed by atoms with van der Waals surface area (Å²) in [5, 5.41) is 16.8. The lowest BCUT2D eigenvalue weighted by atomic mass is 10.1. The molecule has 0 aliphatic heterocycles. The summed E-state index contributed by atoms with van der Waals surface area (Å²) in [4.78, 5) is 36.5. The van der Waals surface area contributed by atoms with Crippen LogP contribution in [-0.2, 0) is 4.79 Å². The molecule has 0 radical (unpaired) electrons. The highest BCUT2D eigenvalue weighted by Gasteiger charge is 2.18. The molecule has 0 atom stereocenters. The second-order valence-electron chi connectivity index (χ2n) is 6.79. The van der Waals surface area contributed by atoms with Crippen LogP contribution in [0.25, 0.3) is 6.08 Å². The highest BCUT2D eigenvalue weighted by molar-refractivity contribution is 9.10. The molecule has 0 saturated carbocycles. The maximum Gasteiger partial charge on any atom is 0.272 e. The first-order chi connectivity index (χ1) is 16.2. The Labute approximate surface area is 212 Å². The summed E-state index contributed by atoms with van der Waals surface area (Å²) >= 11 is 15.4. The number of non-ortho nitro benzene ring substituents is 1. The van der Waals surface area contributed by atoms with E-state index in [0.717, 1.165) is 0 Å². The zero-order chi connectivity index (χ0) is 24.8. The third kappa shape index (κ3) is 6.34. The van der Waals surface area contributed by atoms with Crippen molar-refractivity contribution in [3.05, 3.63) is 102 Å². The molecule has 0 aromatic heterocycles. The van der Waals surface area contributed by atoms with Crippen LogP contribution in [0, 0.1) is 10.1 Å². The van der Waals surface area contributed by atoms with E-state index in [9.17, 15) is 19.7 Å². The Bertz CT molecular complexity index is 1310. The van der Waals surface area contributed by atoms with Gasteiger partial charge in [0.25, 0.3) is 17.5 Å². The molecule has 2 N–H and O–H groups in total. The number of hydrogen-bond acceptors (Lipinski definition) is 5. The van der Waals surface area contributed by atoms with Gasteiger partial charge in [-0.1, -0.05) is 35.3 Å². The average Bonchev–Trinajstić information content (AvgIpc) is 2.81. The molecule has 3 aromatic carbocycles. The van der Waals surface area contributed by atoms with Crippen LogP contribution < -0.4 is 15.4 Å². The average molecular weight is 565 g/mol. The van der Waals surface area contributed by atoms with E-state index >= 15 is 0 Å². The van der Waals surface area contributed by atoms with Crippen molar-refractivity contribution in [1.29, 1.82) is 0 Å². The van der Waals surface area contributed by atoms with Gasteiger partial charge in [-0.2, -0.15) is 0 Å². The van der Waals surface area contributed by atoms with Crippen molar-refractivity contribution in [3.63, 3.8) is 0 Å². The minimum atomic E-state index is -0.711. The minimum absolute atomic E-state index is 0.170. The Morgan fingerprint density at radius 2 is 1.85 bits per heavy atom. The zero-order valence-corrected chi connectivity index (χ0v) is 20.6. The molecule has 2 amide bonds. The standard InChI is InChI=1S/C23H16BrCl2N3O5/c1-34-21-8-5-14(11-17(21)24)22(30)28-20(10-13-3-2-4-16(9-13)29(32)33)23(31)27-19-12-15(25)6-7-18(19)26/h2-12H,1H3,(H,27,31)(H,28,30). The number of nitro benzene ring substituents is 1. The summed E-state index contributed by atoms with van der Waals surface area (Å²) in [6.45, 7) is 0. The van der Waals surface area contributed by atoms with Crippen LogP contribution in [0.4, 0.5) is 11.4 Å². The number of carbonyl (C=O) groups excluding carboxylic acids is 2. The molecule has 0 bridgehead atoms. The normalized spacial score (nSPS) is 11.0. The summed E-state index contributed by atoms with van der Waals surface area (Å²) < 4.78 is 5.71. The highest BCUT2D eigenvalue weighted by atomic mass is 79.9. The van der Waals surface area contributed by atoms with Crippen LogP contribution in [0.15, 0.2) is 70.8 Å². The van der Waals surface area contributed by atoms with Gasteiger partial charge in [-0.25, -0.2) is 0 Å². The van der Waals surface area contributed by atoms with Crippen LogP contribution in [0.2, 0.25) is 10.0 Å². The third-order valence-electron chi connectivity index (χ3n) is 4.48. The molecule has 174 valence electrons. The number of nitrogens with zero attached hydrogens (tertiary/aromatic N) is 1. The van der Waals surface area contributed by atoms with Crippen molar-refractivity contribution in [1.82, 2.24) is 5.32 Å². The molecule has 0 heterocycles. The number of methoxy groups -OCH3 is 1. The number of benzene rings is 3. The van der Waals surface area contributed by atoms with Gasteiger partial charge in [0.1, 0.15) is 11.4 Å². The van der Waals surface area contributed by atoms with Gasteiger partial charge in [-0.3, -0.25) is 19.7 Å². The molecule has 0 spiro atoms. The second kappa shape index (κ2) is 11.1. The molecule has 11 heteroatoms. The number of amides is 2. The monoisotopic (exact) mass is 563 g/mol. The first kappa shape index (κ1) is 25.2. The van der Waals surface area contributed by atoms with E-state index in [0.29, 0.717) is 20.8 Å². The largest absolute Gasteiger partial charge is 0.496 e. The van der Waals surface area contributed by atoms with Crippen molar-refractivity contribution in [3.8, 4) is 5.75 Å². The molecule has 0 fully saturated rings. The van der Waals surface area contributed by atoms with Gasteiger partial charge in [0.05, 0.1) is 27.2 Å². The number of hydrogen-bond donors (Lipinski definition) is 2. The number of rotatable bonds is 7. The van der Waals surface area contributed by atoms with Crippen LogP contribution in [-0.4, -0.2) is 23.8 Å². The molecule has 34 heavy (non-hydrogen) atoms. The minimum Gasteiger partial charge on any atom is -0.496 e. The second-order valence-corrected chi connectivity index (χ2v) is 8.49. The first-order valence-corrected chi connectivity index (χ1v) is 11.1. The lowest BCUT2D eigenvalue weighted by Crippen LogP contribution is -2.30. The van der Waals surface area contributed by atoms with Gasteiger partial charge < -0.3 is 15.4 Å². The van der Waals surface area contributed by atoms with Crippen molar-refractivity contribution >= 4 is 68.4 Å². The number of nitro groups is 1. The maximum atomic E-state index is 13.1. The number of halogens is 3. The van der Waals surface area contributed by atoms with Crippen molar-refractivity contribution in [2.45, 2.75) is 0 Å². The SMILES string of the molecule is COc1ccc(C(=O)NC(=Cc2cccc([N+](=O)[O-])c2)C(=O)Nc2cc(Cl)ccc2Cl)cc1Br. The molecule has 3 rings (SSSR count). The van der Waals surface area contributed by atoms with Crippen LogP contribution in [0.3, 0.4) is 0 Å². The molecule has 0 unspecified atom stereocenters. The summed E-state index contributed by atoms with van der Waals surface area (Å²) in [5.74, 6) is -0.777. The van der Waals surface area contributed by atoms with Crippen LogP contribution >= 0.6 is 39.1 Å². The number of ether oxygens (including phenoxy) is 1. The van der Waals surface area contributed by atoms with Crippen molar-refractivity contribution < 1.29 is 19.2 Å². The zero-order valence-electron chi connectivity index (χ0n) is 17.5. The summed E-state index contributed by atoms with van der Waals surface area (Å²) in [6, 6.07) is 14.8. The smallest absolute Gasteiger partial charge is 0.272 e. The number of nitrogens with one attached hydrogen (secondary N) is 2. The molecule has 3 aromatic rings. The van der Waals surface area contributed by atoms with E-state index in [-0.39, 0.29) is 27.7 Å². The summed E-state index contributed by atoms with van der Waals surface area (Å²) in [7, 11) is 1.49. The molecule has 0 aliphatic rings. The Morgan fingerprint density at radius 1 is 1.09 bits per heavy atom. The van der Waals surface area contributed by atoms with Gasteiger partial charge in [0, 0.05) is 22.7 Å². The maximum absolute atomic E-state index is 13.1. The number of carbonyl (C=O) groups is 2. The molecule has 0 aliphatic carbocycles. The van der Waals surface area contributed by atoms with Crippen LogP contribution in [0.1, 0.15) is 15.9 Å². The van der Waals surface area contributed by atoms with E-state index in [1.807, 2.05) is 0 Å².